The summed E-state index contributed by atoms with van der Waals surface area (Å²) in [6.07, 6.45) is 0.947. The molecule has 0 aliphatic heterocycles. The van der Waals surface area contributed by atoms with Gasteiger partial charge in [0, 0.05) is 20.8 Å². The molecular weight excluding hydrogens is 118 g/mol. The standard InChI is InChI=1S/C6H13O2.H3N/c1-6(8-3)4-5-7-2;/h6H,1,4-5H2,2-3H3;1H3. The van der Waals surface area contributed by atoms with E-state index in [1.54, 1.807) is 14.2 Å². The second-order valence-electron chi connectivity index (χ2n) is 1.64. The van der Waals surface area contributed by atoms with Crippen LogP contribution in [-0.2, 0) is 9.47 Å². The molecule has 0 spiro atoms. The molecule has 0 saturated carbocycles. The summed E-state index contributed by atoms with van der Waals surface area (Å²) < 4.78 is 9.66. The molecule has 0 amide bonds. The number of ether oxygens (including phenoxy) is 2. The summed E-state index contributed by atoms with van der Waals surface area (Å²) in [5.74, 6) is 0. The Morgan fingerprint density at radius 2 is 2.00 bits per heavy atom. The molecule has 0 heterocycles. The zero-order valence-electron chi connectivity index (χ0n) is 6.22. The Kier molecular flexibility index (Phi) is 10.2. The summed E-state index contributed by atoms with van der Waals surface area (Å²) in [5.41, 5.74) is 0. The predicted octanol–water partition coefficient (Wildman–Crippen LogP) is 1.03. The molecule has 0 aliphatic carbocycles. The van der Waals surface area contributed by atoms with E-state index in [2.05, 4.69) is 6.92 Å². The molecule has 0 saturated heterocycles. The molecule has 0 aromatic heterocycles. The maximum atomic E-state index is 4.86. The van der Waals surface area contributed by atoms with Crippen molar-refractivity contribution in [1.29, 1.82) is 0 Å². The molecule has 57 valence electrons. The number of hydrogen-bond donors (Lipinski definition) is 1. The third-order valence-corrected chi connectivity index (χ3v) is 0.977. The Bertz CT molecular complexity index is 50.3. The van der Waals surface area contributed by atoms with Gasteiger partial charge in [-0.15, -0.1) is 0 Å². The quantitative estimate of drug-likeness (QED) is 0.624. The molecule has 3 heteroatoms. The Morgan fingerprint density at radius 3 is 2.33 bits per heavy atom. The van der Waals surface area contributed by atoms with Gasteiger partial charge in [-0.25, -0.2) is 0 Å². The molecule has 1 atom stereocenters. The topological polar surface area (TPSA) is 53.5 Å². The summed E-state index contributed by atoms with van der Waals surface area (Å²) in [6.45, 7) is 4.42. The van der Waals surface area contributed by atoms with E-state index in [-0.39, 0.29) is 12.3 Å². The molecule has 0 aromatic rings. The lowest BCUT2D eigenvalue weighted by Gasteiger charge is -2.06. The van der Waals surface area contributed by atoms with Crippen molar-refractivity contribution in [2.45, 2.75) is 12.5 Å². The Balaban J connectivity index is 0. The van der Waals surface area contributed by atoms with E-state index in [9.17, 15) is 0 Å². The number of rotatable bonds is 4. The molecule has 0 aromatic carbocycles. The van der Waals surface area contributed by atoms with Crippen LogP contribution < -0.4 is 6.15 Å². The second kappa shape index (κ2) is 7.88. The average Bonchev–Trinajstić information content (AvgIpc) is 1.83. The van der Waals surface area contributed by atoms with Crippen LogP contribution in [0.2, 0.25) is 0 Å². The number of methoxy groups -OCH3 is 2. The van der Waals surface area contributed by atoms with Crippen molar-refractivity contribution >= 4 is 0 Å². The third kappa shape index (κ3) is 7.88. The first-order valence-electron chi connectivity index (χ1n) is 2.66. The van der Waals surface area contributed by atoms with Crippen molar-refractivity contribution in [1.82, 2.24) is 6.15 Å². The van der Waals surface area contributed by atoms with Gasteiger partial charge in [-0.1, -0.05) is 0 Å². The Morgan fingerprint density at radius 1 is 1.44 bits per heavy atom. The van der Waals surface area contributed by atoms with Gasteiger partial charge in [-0.3, -0.25) is 0 Å². The minimum absolute atomic E-state index is 0. The first kappa shape index (κ1) is 11.6. The van der Waals surface area contributed by atoms with Gasteiger partial charge in [0.05, 0.1) is 6.10 Å². The van der Waals surface area contributed by atoms with E-state index in [1.807, 2.05) is 0 Å². The van der Waals surface area contributed by atoms with Gasteiger partial charge >= 0.3 is 0 Å². The second-order valence-corrected chi connectivity index (χ2v) is 1.64. The van der Waals surface area contributed by atoms with Crippen LogP contribution in [0.3, 0.4) is 0 Å². The van der Waals surface area contributed by atoms with Crippen molar-refractivity contribution < 1.29 is 9.47 Å². The maximum absolute atomic E-state index is 4.86. The van der Waals surface area contributed by atoms with E-state index in [0.717, 1.165) is 13.0 Å². The van der Waals surface area contributed by atoms with Crippen molar-refractivity contribution in [2.24, 2.45) is 0 Å². The summed E-state index contributed by atoms with van der Waals surface area (Å²) in [6, 6.07) is 0. The van der Waals surface area contributed by atoms with Crippen LogP contribution in [0.15, 0.2) is 0 Å². The third-order valence-electron chi connectivity index (χ3n) is 0.977. The highest BCUT2D eigenvalue weighted by Crippen LogP contribution is 1.92. The van der Waals surface area contributed by atoms with Crippen molar-refractivity contribution in [2.75, 3.05) is 20.8 Å². The Labute approximate surface area is 56.9 Å². The lowest BCUT2D eigenvalue weighted by Crippen LogP contribution is -2.07. The minimum Gasteiger partial charge on any atom is -0.385 e. The lowest BCUT2D eigenvalue weighted by atomic mass is 10.3. The molecule has 1 radical (unpaired) electrons. The molecule has 3 nitrogen and oxygen atoms in total. The smallest absolute Gasteiger partial charge is 0.0594 e. The monoisotopic (exact) mass is 134 g/mol. The highest BCUT2D eigenvalue weighted by molar-refractivity contribution is 4.56. The van der Waals surface area contributed by atoms with Gasteiger partial charge in [-0.05, 0) is 13.3 Å². The van der Waals surface area contributed by atoms with E-state index in [0.29, 0.717) is 0 Å². The fourth-order valence-corrected chi connectivity index (χ4v) is 0.367. The van der Waals surface area contributed by atoms with Gasteiger partial charge < -0.3 is 15.6 Å². The first-order valence-corrected chi connectivity index (χ1v) is 2.66. The van der Waals surface area contributed by atoms with Crippen molar-refractivity contribution in [3.05, 3.63) is 6.92 Å². The lowest BCUT2D eigenvalue weighted by molar-refractivity contribution is 0.0947. The van der Waals surface area contributed by atoms with Gasteiger partial charge in [0.15, 0.2) is 0 Å². The molecule has 0 fully saturated rings. The summed E-state index contributed by atoms with van der Waals surface area (Å²) in [7, 11) is 3.32. The fraction of sp³-hybridized carbons (Fsp3) is 0.833. The van der Waals surface area contributed by atoms with Gasteiger partial charge in [0.25, 0.3) is 0 Å². The number of hydrogen-bond acceptors (Lipinski definition) is 3. The fourth-order valence-electron chi connectivity index (χ4n) is 0.367. The summed E-state index contributed by atoms with van der Waals surface area (Å²) in [5, 5.41) is 0. The average molecular weight is 134 g/mol. The highest BCUT2D eigenvalue weighted by atomic mass is 16.5. The van der Waals surface area contributed by atoms with Crippen molar-refractivity contribution in [3.8, 4) is 0 Å². The van der Waals surface area contributed by atoms with E-state index in [1.165, 1.54) is 0 Å². The van der Waals surface area contributed by atoms with Crippen LogP contribution in [0, 0.1) is 6.92 Å². The zero-order valence-corrected chi connectivity index (χ0v) is 6.22. The summed E-state index contributed by atoms with van der Waals surface area (Å²) >= 11 is 0. The van der Waals surface area contributed by atoms with Gasteiger partial charge in [-0.2, -0.15) is 0 Å². The molecule has 0 rings (SSSR count). The molecule has 0 bridgehead atoms. The van der Waals surface area contributed by atoms with Crippen LogP contribution in [0.25, 0.3) is 0 Å². The normalized spacial score (nSPS) is 12.3. The Hall–Kier alpha value is -0.120. The molecule has 0 aliphatic rings. The van der Waals surface area contributed by atoms with Crippen LogP contribution in [-0.4, -0.2) is 26.9 Å². The maximum Gasteiger partial charge on any atom is 0.0594 e. The van der Waals surface area contributed by atoms with Crippen LogP contribution in [0.1, 0.15) is 6.42 Å². The van der Waals surface area contributed by atoms with E-state index in [4.69, 9.17) is 9.47 Å². The van der Waals surface area contributed by atoms with Crippen LogP contribution >= 0.6 is 0 Å². The SMILES string of the molecule is N.[CH2]C(CCOC)OC. The zero-order chi connectivity index (χ0) is 6.41. The van der Waals surface area contributed by atoms with Gasteiger partial charge in [0.2, 0.25) is 0 Å². The van der Waals surface area contributed by atoms with Gasteiger partial charge in [0.1, 0.15) is 0 Å². The molecular formula is C6H16NO2. The van der Waals surface area contributed by atoms with E-state index >= 15 is 0 Å². The predicted molar refractivity (Wildman–Crippen MR) is 37.7 cm³/mol. The summed E-state index contributed by atoms with van der Waals surface area (Å²) in [4.78, 5) is 0. The molecule has 1 unspecified atom stereocenters. The molecule has 3 N–H and O–H groups in total. The van der Waals surface area contributed by atoms with Crippen LogP contribution in [0.4, 0.5) is 0 Å². The molecule has 9 heavy (non-hydrogen) atoms. The first-order chi connectivity index (χ1) is 3.81. The van der Waals surface area contributed by atoms with E-state index < -0.39 is 0 Å². The largest absolute Gasteiger partial charge is 0.385 e. The van der Waals surface area contributed by atoms with Crippen molar-refractivity contribution in [3.63, 3.8) is 0 Å². The minimum atomic E-state index is 0. The highest BCUT2D eigenvalue weighted by Gasteiger charge is 1.95. The van der Waals surface area contributed by atoms with Crippen LogP contribution in [0.5, 0.6) is 0 Å².